The number of aliphatic hydroxyl groups excluding tert-OH is 1. The number of sulfonamides is 1. The van der Waals surface area contributed by atoms with E-state index < -0.39 is 32.2 Å². The van der Waals surface area contributed by atoms with Crippen LogP contribution in [0, 0.1) is 0 Å². The summed E-state index contributed by atoms with van der Waals surface area (Å²) in [6, 6.07) is 3.56. The van der Waals surface area contributed by atoms with Crippen molar-refractivity contribution in [2.75, 3.05) is 6.61 Å². The van der Waals surface area contributed by atoms with Crippen molar-refractivity contribution in [2.24, 2.45) is 0 Å². The van der Waals surface area contributed by atoms with E-state index in [1.165, 1.54) is 0 Å². The van der Waals surface area contributed by atoms with Crippen molar-refractivity contribution < 1.29 is 26.7 Å². The molecule has 1 aromatic carbocycles. The predicted molar refractivity (Wildman–Crippen MR) is 72.2 cm³/mol. The van der Waals surface area contributed by atoms with Crippen LogP contribution in [-0.2, 0) is 16.2 Å². The zero-order valence-corrected chi connectivity index (χ0v) is 12.6. The maximum absolute atomic E-state index is 12.6. The van der Waals surface area contributed by atoms with Gasteiger partial charge in [-0.25, -0.2) is 13.1 Å². The zero-order chi connectivity index (χ0) is 16.3. The van der Waals surface area contributed by atoms with Crippen molar-refractivity contribution in [2.45, 2.75) is 43.3 Å². The Balaban J connectivity index is 3.14. The molecule has 4 nitrogen and oxygen atoms in total. The number of rotatable bonds is 6. The normalized spacial score (nSPS) is 15.7. The van der Waals surface area contributed by atoms with E-state index in [1.54, 1.807) is 13.8 Å². The molecule has 1 aromatic rings. The van der Waals surface area contributed by atoms with E-state index in [1.807, 2.05) is 0 Å². The Bertz CT molecular complexity index is 587. The number of hydrogen-bond donors (Lipinski definition) is 2. The molecule has 0 aromatic heterocycles. The van der Waals surface area contributed by atoms with Gasteiger partial charge in [0.15, 0.2) is 0 Å². The van der Waals surface area contributed by atoms with Crippen LogP contribution in [-0.4, -0.2) is 25.7 Å². The maximum atomic E-state index is 12.6. The highest BCUT2D eigenvalue weighted by Gasteiger charge is 2.33. The van der Waals surface area contributed by atoms with Crippen LogP contribution in [0.15, 0.2) is 29.2 Å². The minimum Gasteiger partial charge on any atom is -0.396 e. The molecule has 0 saturated heterocycles. The molecule has 0 aliphatic heterocycles. The number of alkyl halides is 3. The summed E-state index contributed by atoms with van der Waals surface area (Å²) in [7, 11) is -4.10. The topological polar surface area (TPSA) is 66.4 Å². The molecule has 0 spiro atoms. The highest BCUT2D eigenvalue weighted by Crippen LogP contribution is 2.30. The van der Waals surface area contributed by atoms with E-state index in [0.717, 1.165) is 18.2 Å². The lowest BCUT2D eigenvalue weighted by atomic mass is 9.97. The highest BCUT2D eigenvalue weighted by atomic mass is 32.2. The highest BCUT2D eigenvalue weighted by molar-refractivity contribution is 7.89. The molecule has 0 aliphatic carbocycles. The third-order valence-corrected chi connectivity index (χ3v) is 4.93. The van der Waals surface area contributed by atoms with Gasteiger partial charge >= 0.3 is 6.18 Å². The van der Waals surface area contributed by atoms with Gasteiger partial charge in [-0.05, 0) is 38.0 Å². The Morgan fingerprint density at radius 2 is 1.90 bits per heavy atom. The number of nitrogens with one attached hydrogen (secondary N) is 1. The summed E-state index contributed by atoms with van der Waals surface area (Å²) in [5.74, 6) is 0. The molecular weight excluding hydrogens is 307 g/mol. The summed E-state index contributed by atoms with van der Waals surface area (Å²) >= 11 is 0. The molecular formula is C13H18F3NO3S. The minimum atomic E-state index is -4.61. The molecule has 1 unspecified atom stereocenters. The average Bonchev–Trinajstić information content (AvgIpc) is 2.37. The van der Waals surface area contributed by atoms with Gasteiger partial charge in [0.2, 0.25) is 10.0 Å². The van der Waals surface area contributed by atoms with E-state index in [0.29, 0.717) is 12.5 Å². The first-order valence-electron chi connectivity index (χ1n) is 6.36. The second kappa shape index (κ2) is 6.33. The predicted octanol–water partition coefficient (Wildman–Crippen LogP) is 2.53. The third kappa shape index (κ3) is 4.69. The molecule has 1 atom stereocenters. The molecule has 8 heteroatoms. The molecule has 1 rings (SSSR count). The van der Waals surface area contributed by atoms with Crippen LogP contribution in [0.1, 0.15) is 32.3 Å². The van der Waals surface area contributed by atoms with Crippen molar-refractivity contribution in [3.63, 3.8) is 0 Å². The Morgan fingerprint density at radius 1 is 1.29 bits per heavy atom. The Labute approximate surface area is 122 Å². The molecule has 0 aliphatic rings. The van der Waals surface area contributed by atoms with Crippen molar-refractivity contribution in [1.82, 2.24) is 4.72 Å². The molecule has 0 saturated carbocycles. The van der Waals surface area contributed by atoms with Gasteiger partial charge in [0.05, 0.1) is 10.5 Å². The monoisotopic (exact) mass is 325 g/mol. The van der Waals surface area contributed by atoms with Crippen LogP contribution in [0.25, 0.3) is 0 Å². The standard InChI is InChI=1S/C13H18F3NO3S/c1-3-12(2,7-8-18)17-21(19,20)11-6-4-5-10(9-11)13(14,15)16/h4-6,9,17-18H,3,7-8H2,1-2H3. The average molecular weight is 325 g/mol. The summed E-state index contributed by atoms with van der Waals surface area (Å²) in [6.45, 7) is 3.09. The fourth-order valence-corrected chi connectivity index (χ4v) is 3.32. The van der Waals surface area contributed by atoms with Gasteiger partial charge < -0.3 is 5.11 Å². The Morgan fingerprint density at radius 3 is 2.38 bits per heavy atom. The first-order valence-corrected chi connectivity index (χ1v) is 7.84. The van der Waals surface area contributed by atoms with Gasteiger partial charge in [-0.15, -0.1) is 0 Å². The summed E-state index contributed by atoms with van der Waals surface area (Å²) < 4.78 is 64.7. The molecule has 0 radical (unpaired) electrons. The number of halogens is 3. The lowest BCUT2D eigenvalue weighted by Crippen LogP contribution is -2.46. The number of aliphatic hydroxyl groups is 1. The fraction of sp³-hybridized carbons (Fsp3) is 0.538. The SMILES string of the molecule is CCC(C)(CCO)NS(=O)(=O)c1cccc(C(F)(F)F)c1. The molecule has 2 N–H and O–H groups in total. The number of benzene rings is 1. The summed E-state index contributed by atoms with van der Waals surface area (Å²) in [5.41, 5.74) is -1.94. The van der Waals surface area contributed by atoms with E-state index in [4.69, 9.17) is 5.11 Å². The Kier molecular flexibility index (Phi) is 5.40. The van der Waals surface area contributed by atoms with E-state index in [-0.39, 0.29) is 13.0 Å². The zero-order valence-electron chi connectivity index (χ0n) is 11.7. The fourth-order valence-electron chi connectivity index (χ4n) is 1.77. The molecule has 0 bridgehead atoms. The van der Waals surface area contributed by atoms with Crippen LogP contribution in [0.4, 0.5) is 13.2 Å². The summed E-state index contributed by atoms with van der Waals surface area (Å²) in [4.78, 5) is -0.449. The molecule has 0 fully saturated rings. The van der Waals surface area contributed by atoms with Gasteiger partial charge in [-0.1, -0.05) is 13.0 Å². The Hall–Kier alpha value is -1.12. The molecule has 21 heavy (non-hydrogen) atoms. The first-order chi connectivity index (χ1) is 9.54. The molecule has 0 heterocycles. The van der Waals surface area contributed by atoms with Crippen molar-refractivity contribution in [3.8, 4) is 0 Å². The quantitative estimate of drug-likeness (QED) is 0.845. The lowest BCUT2D eigenvalue weighted by Gasteiger charge is -2.28. The first kappa shape index (κ1) is 17.9. The second-order valence-electron chi connectivity index (χ2n) is 5.02. The van der Waals surface area contributed by atoms with Gasteiger partial charge in [-0.2, -0.15) is 13.2 Å². The van der Waals surface area contributed by atoms with Crippen molar-refractivity contribution in [1.29, 1.82) is 0 Å². The summed E-state index contributed by atoms with van der Waals surface area (Å²) in [6.07, 6.45) is -4.04. The largest absolute Gasteiger partial charge is 0.416 e. The van der Waals surface area contributed by atoms with Crippen LogP contribution in [0.3, 0.4) is 0 Å². The van der Waals surface area contributed by atoms with E-state index in [9.17, 15) is 21.6 Å². The third-order valence-electron chi connectivity index (χ3n) is 3.30. The van der Waals surface area contributed by atoms with Gasteiger partial charge in [-0.3, -0.25) is 0 Å². The summed E-state index contributed by atoms with van der Waals surface area (Å²) in [5, 5.41) is 8.97. The minimum absolute atomic E-state index is 0.168. The van der Waals surface area contributed by atoms with Gasteiger partial charge in [0.1, 0.15) is 0 Å². The lowest BCUT2D eigenvalue weighted by molar-refractivity contribution is -0.137. The van der Waals surface area contributed by atoms with Crippen LogP contribution >= 0.6 is 0 Å². The van der Waals surface area contributed by atoms with Crippen LogP contribution in [0.2, 0.25) is 0 Å². The van der Waals surface area contributed by atoms with Crippen LogP contribution in [0.5, 0.6) is 0 Å². The van der Waals surface area contributed by atoms with Gasteiger partial charge in [0, 0.05) is 12.1 Å². The van der Waals surface area contributed by atoms with Crippen molar-refractivity contribution in [3.05, 3.63) is 29.8 Å². The van der Waals surface area contributed by atoms with Crippen molar-refractivity contribution >= 4 is 10.0 Å². The van der Waals surface area contributed by atoms with E-state index >= 15 is 0 Å². The second-order valence-corrected chi connectivity index (χ2v) is 6.70. The molecule has 0 amide bonds. The van der Waals surface area contributed by atoms with Gasteiger partial charge in [0.25, 0.3) is 0 Å². The number of hydrogen-bond acceptors (Lipinski definition) is 3. The molecule has 120 valence electrons. The van der Waals surface area contributed by atoms with E-state index in [2.05, 4.69) is 4.72 Å². The van der Waals surface area contributed by atoms with Crippen LogP contribution < -0.4 is 4.72 Å². The maximum Gasteiger partial charge on any atom is 0.416 e. The smallest absolute Gasteiger partial charge is 0.396 e.